The van der Waals surface area contributed by atoms with Gasteiger partial charge in [-0.25, -0.2) is 0 Å². The van der Waals surface area contributed by atoms with Crippen LogP contribution in [0.25, 0.3) is 0 Å². The van der Waals surface area contributed by atoms with Gasteiger partial charge in [-0.05, 0) is 54.8 Å². The molecule has 0 fully saturated rings. The maximum atomic E-state index is 12.2. The van der Waals surface area contributed by atoms with Gasteiger partial charge in [0.2, 0.25) is 5.91 Å². The number of aryl methyl sites for hydroxylation is 1. The minimum atomic E-state index is -0.330. The standard InChI is InChI=1S/C24H25N3O4/c28-22(10-4-8-18-6-2-1-3-7-18)27-20-13-11-19(12-14-20)23(29)25-15-16-26-24(30)21-9-5-17-31-21/h1-3,5-7,9,11-14,17H,4,8,10,15-16H2,(H,25,29)(H,26,30)(H,27,28). The van der Waals surface area contributed by atoms with Crippen LogP contribution in [0.15, 0.2) is 77.4 Å². The predicted octanol–water partition coefficient (Wildman–Crippen LogP) is 3.40. The molecule has 31 heavy (non-hydrogen) atoms. The fourth-order valence-electron chi connectivity index (χ4n) is 2.98. The van der Waals surface area contributed by atoms with Crippen molar-refractivity contribution in [3.8, 4) is 0 Å². The Morgan fingerprint density at radius 2 is 1.48 bits per heavy atom. The van der Waals surface area contributed by atoms with Gasteiger partial charge in [0.15, 0.2) is 5.76 Å². The van der Waals surface area contributed by atoms with Gasteiger partial charge in [0.05, 0.1) is 6.26 Å². The molecular weight excluding hydrogens is 394 g/mol. The third kappa shape index (κ3) is 7.15. The second-order valence-electron chi connectivity index (χ2n) is 6.95. The summed E-state index contributed by atoms with van der Waals surface area (Å²) in [6, 6.07) is 19.9. The highest BCUT2D eigenvalue weighted by Gasteiger charge is 2.09. The van der Waals surface area contributed by atoms with Gasteiger partial charge < -0.3 is 20.4 Å². The maximum Gasteiger partial charge on any atom is 0.287 e. The van der Waals surface area contributed by atoms with Crippen LogP contribution in [0.1, 0.15) is 39.3 Å². The van der Waals surface area contributed by atoms with E-state index in [1.54, 1.807) is 36.4 Å². The lowest BCUT2D eigenvalue weighted by Gasteiger charge is -2.08. The summed E-state index contributed by atoms with van der Waals surface area (Å²) in [5.41, 5.74) is 2.33. The number of benzene rings is 2. The van der Waals surface area contributed by atoms with E-state index in [2.05, 4.69) is 28.1 Å². The van der Waals surface area contributed by atoms with Crippen molar-refractivity contribution in [1.29, 1.82) is 0 Å². The molecule has 0 unspecified atom stereocenters. The van der Waals surface area contributed by atoms with Crippen LogP contribution in [0, 0.1) is 0 Å². The highest BCUT2D eigenvalue weighted by atomic mass is 16.3. The molecule has 0 saturated heterocycles. The highest BCUT2D eigenvalue weighted by Crippen LogP contribution is 2.11. The van der Waals surface area contributed by atoms with E-state index < -0.39 is 0 Å². The van der Waals surface area contributed by atoms with E-state index >= 15 is 0 Å². The summed E-state index contributed by atoms with van der Waals surface area (Å²) < 4.78 is 4.99. The number of anilines is 1. The van der Waals surface area contributed by atoms with Crippen molar-refractivity contribution in [1.82, 2.24) is 10.6 Å². The third-order valence-electron chi connectivity index (χ3n) is 4.58. The minimum absolute atomic E-state index is 0.0552. The van der Waals surface area contributed by atoms with Gasteiger partial charge in [0, 0.05) is 30.8 Å². The monoisotopic (exact) mass is 419 g/mol. The summed E-state index contributed by atoms with van der Waals surface area (Å²) in [6.07, 6.45) is 3.48. The first-order valence-electron chi connectivity index (χ1n) is 10.2. The molecule has 0 radical (unpaired) electrons. The van der Waals surface area contributed by atoms with E-state index in [1.807, 2.05) is 18.2 Å². The number of amides is 3. The van der Waals surface area contributed by atoms with Crippen molar-refractivity contribution < 1.29 is 18.8 Å². The van der Waals surface area contributed by atoms with E-state index in [1.165, 1.54) is 11.8 Å². The zero-order valence-corrected chi connectivity index (χ0v) is 17.1. The molecule has 7 heteroatoms. The van der Waals surface area contributed by atoms with E-state index in [4.69, 9.17) is 4.42 Å². The molecule has 3 amide bonds. The lowest BCUT2D eigenvalue weighted by atomic mass is 10.1. The van der Waals surface area contributed by atoms with Gasteiger partial charge >= 0.3 is 0 Å². The lowest BCUT2D eigenvalue weighted by Crippen LogP contribution is -2.34. The van der Waals surface area contributed by atoms with Crippen molar-refractivity contribution in [2.24, 2.45) is 0 Å². The molecule has 3 N–H and O–H groups in total. The fourth-order valence-corrected chi connectivity index (χ4v) is 2.98. The van der Waals surface area contributed by atoms with Crippen LogP contribution in [-0.2, 0) is 11.2 Å². The van der Waals surface area contributed by atoms with Crippen molar-refractivity contribution in [3.05, 3.63) is 89.9 Å². The number of hydrogen-bond donors (Lipinski definition) is 3. The zero-order chi connectivity index (χ0) is 21.9. The Labute approximate surface area is 180 Å². The van der Waals surface area contributed by atoms with Crippen molar-refractivity contribution >= 4 is 23.4 Å². The summed E-state index contributed by atoms with van der Waals surface area (Å²) in [7, 11) is 0. The van der Waals surface area contributed by atoms with Gasteiger partial charge in [-0.15, -0.1) is 0 Å². The highest BCUT2D eigenvalue weighted by molar-refractivity contribution is 5.96. The minimum Gasteiger partial charge on any atom is -0.459 e. The largest absolute Gasteiger partial charge is 0.459 e. The van der Waals surface area contributed by atoms with E-state index in [-0.39, 0.29) is 36.6 Å². The third-order valence-corrected chi connectivity index (χ3v) is 4.58. The molecule has 0 atom stereocenters. The average Bonchev–Trinajstić information content (AvgIpc) is 3.33. The molecule has 0 bridgehead atoms. The molecule has 0 aliphatic rings. The molecule has 3 rings (SSSR count). The van der Waals surface area contributed by atoms with Crippen LogP contribution in [0.4, 0.5) is 5.69 Å². The molecule has 3 aromatic rings. The van der Waals surface area contributed by atoms with Crippen LogP contribution >= 0.6 is 0 Å². The Balaban J connectivity index is 1.35. The molecule has 1 heterocycles. The first-order valence-corrected chi connectivity index (χ1v) is 10.2. The number of carbonyl (C=O) groups excluding carboxylic acids is 3. The fraction of sp³-hybridized carbons (Fsp3) is 0.208. The maximum absolute atomic E-state index is 12.2. The smallest absolute Gasteiger partial charge is 0.287 e. The Hall–Kier alpha value is -3.87. The summed E-state index contributed by atoms with van der Waals surface area (Å²) in [5.74, 6) is -0.416. The molecule has 0 aliphatic carbocycles. The topological polar surface area (TPSA) is 100 Å². The van der Waals surface area contributed by atoms with Crippen LogP contribution in [0.3, 0.4) is 0 Å². The van der Waals surface area contributed by atoms with Crippen molar-refractivity contribution in [3.63, 3.8) is 0 Å². The van der Waals surface area contributed by atoms with Gasteiger partial charge in [0.1, 0.15) is 0 Å². The van der Waals surface area contributed by atoms with Gasteiger partial charge in [-0.3, -0.25) is 14.4 Å². The van der Waals surface area contributed by atoms with Crippen molar-refractivity contribution in [2.75, 3.05) is 18.4 Å². The molecule has 7 nitrogen and oxygen atoms in total. The molecule has 0 spiro atoms. The molecule has 2 aromatic carbocycles. The first-order chi connectivity index (χ1) is 15.1. The van der Waals surface area contributed by atoms with E-state index in [0.29, 0.717) is 17.7 Å². The van der Waals surface area contributed by atoms with E-state index in [9.17, 15) is 14.4 Å². The molecule has 160 valence electrons. The van der Waals surface area contributed by atoms with Crippen LogP contribution in [0.2, 0.25) is 0 Å². The van der Waals surface area contributed by atoms with Crippen LogP contribution in [-0.4, -0.2) is 30.8 Å². The second-order valence-corrected chi connectivity index (χ2v) is 6.95. The number of nitrogens with one attached hydrogen (secondary N) is 3. The Morgan fingerprint density at radius 1 is 0.774 bits per heavy atom. The van der Waals surface area contributed by atoms with Gasteiger partial charge in [-0.1, -0.05) is 30.3 Å². The summed E-state index contributed by atoms with van der Waals surface area (Å²) >= 11 is 0. The van der Waals surface area contributed by atoms with Crippen LogP contribution < -0.4 is 16.0 Å². The lowest BCUT2D eigenvalue weighted by molar-refractivity contribution is -0.116. The quantitative estimate of drug-likeness (QED) is 0.439. The normalized spacial score (nSPS) is 10.3. The zero-order valence-electron chi connectivity index (χ0n) is 17.1. The predicted molar refractivity (Wildman–Crippen MR) is 118 cm³/mol. The Kier molecular flexibility index (Phi) is 7.99. The molecule has 0 aliphatic heterocycles. The first kappa shape index (κ1) is 21.8. The summed E-state index contributed by atoms with van der Waals surface area (Å²) in [6.45, 7) is 0.563. The summed E-state index contributed by atoms with van der Waals surface area (Å²) in [5, 5.41) is 8.23. The molecule has 1 aromatic heterocycles. The van der Waals surface area contributed by atoms with Crippen LogP contribution in [0.5, 0.6) is 0 Å². The average molecular weight is 419 g/mol. The Morgan fingerprint density at radius 3 is 2.16 bits per heavy atom. The number of carbonyl (C=O) groups is 3. The number of rotatable bonds is 10. The van der Waals surface area contributed by atoms with Gasteiger partial charge in [0.25, 0.3) is 11.8 Å². The van der Waals surface area contributed by atoms with Crippen molar-refractivity contribution in [2.45, 2.75) is 19.3 Å². The number of hydrogen-bond acceptors (Lipinski definition) is 4. The summed E-state index contributed by atoms with van der Waals surface area (Å²) in [4.78, 5) is 36.0. The molecule has 0 saturated carbocycles. The van der Waals surface area contributed by atoms with E-state index in [0.717, 1.165) is 12.8 Å². The van der Waals surface area contributed by atoms with Gasteiger partial charge in [-0.2, -0.15) is 0 Å². The SMILES string of the molecule is O=C(CCCc1ccccc1)Nc1ccc(C(=O)NCCNC(=O)c2ccco2)cc1. The second kappa shape index (κ2) is 11.3. The molecular formula is C24H25N3O4. The Bertz CT molecular complexity index is 983. The number of furan rings is 1.